The quantitative estimate of drug-likeness (QED) is 0.435. The number of hydrogen-bond donors (Lipinski definition) is 2. The SMILES string of the molecule is C[Si](C)(C)CCOCN=C1NC=NC2C1=NNN2COCC[Si](C)(C)C. The lowest BCUT2D eigenvalue weighted by molar-refractivity contribution is 0.00317. The van der Waals surface area contributed by atoms with Crippen molar-refractivity contribution in [3.8, 4) is 0 Å². The summed E-state index contributed by atoms with van der Waals surface area (Å²) >= 11 is 0. The van der Waals surface area contributed by atoms with Gasteiger partial charge in [0.15, 0.2) is 12.0 Å². The molecule has 0 spiro atoms. The van der Waals surface area contributed by atoms with Gasteiger partial charge in [-0.1, -0.05) is 39.3 Å². The van der Waals surface area contributed by atoms with Crippen molar-refractivity contribution in [2.75, 3.05) is 26.7 Å². The van der Waals surface area contributed by atoms with Crippen LogP contribution in [0.2, 0.25) is 51.4 Å². The lowest BCUT2D eigenvalue weighted by atomic mass is 10.2. The number of hydrazine groups is 1. The fourth-order valence-corrected chi connectivity index (χ4v) is 3.78. The molecule has 148 valence electrons. The Morgan fingerprint density at radius 1 is 1.08 bits per heavy atom. The molecule has 0 radical (unpaired) electrons. The van der Waals surface area contributed by atoms with Gasteiger partial charge in [0, 0.05) is 29.4 Å². The van der Waals surface area contributed by atoms with Gasteiger partial charge in [-0.2, -0.15) is 10.1 Å². The maximum atomic E-state index is 5.79. The van der Waals surface area contributed by atoms with Crippen LogP contribution in [0.25, 0.3) is 0 Å². The maximum absolute atomic E-state index is 5.79. The Labute approximate surface area is 159 Å². The summed E-state index contributed by atoms with van der Waals surface area (Å²) in [7, 11) is -2.14. The fourth-order valence-electron chi connectivity index (χ4n) is 2.27. The van der Waals surface area contributed by atoms with E-state index in [0.717, 1.165) is 31.0 Å². The standard InChI is InChI=1S/C16H34N6O2Si2/c1-25(2,3)9-7-23-12-19-15-14-16(18-11-17-15)22(21-20-14)13-24-8-10-26(4,5)6/h11,16,21H,7-10,12-13H2,1-6H3,(H,17,18,19). The predicted octanol–water partition coefficient (Wildman–Crippen LogP) is 2.14. The largest absolute Gasteiger partial charge is 0.365 e. The zero-order valence-electron chi connectivity index (χ0n) is 17.0. The number of hydrogen-bond acceptors (Lipinski definition) is 7. The zero-order chi connectivity index (χ0) is 19.2. The van der Waals surface area contributed by atoms with Crippen LogP contribution in [-0.2, 0) is 9.47 Å². The number of nitrogens with zero attached hydrogens (tertiary/aromatic N) is 4. The van der Waals surface area contributed by atoms with E-state index in [-0.39, 0.29) is 6.17 Å². The normalized spacial score (nSPS) is 22.2. The first-order valence-electron chi connectivity index (χ1n) is 9.24. The summed E-state index contributed by atoms with van der Waals surface area (Å²) in [5.41, 5.74) is 3.76. The average molecular weight is 399 g/mol. The summed E-state index contributed by atoms with van der Waals surface area (Å²) in [4.78, 5) is 8.92. The molecule has 0 saturated heterocycles. The lowest BCUT2D eigenvalue weighted by Crippen LogP contribution is -2.48. The fraction of sp³-hybridized carbons (Fsp3) is 0.812. The van der Waals surface area contributed by atoms with E-state index in [0.29, 0.717) is 19.3 Å². The summed E-state index contributed by atoms with van der Waals surface area (Å²) in [5.74, 6) is 0.704. The van der Waals surface area contributed by atoms with Crippen LogP contribution in [-0.4, -0.2) is 71.9 Å². The Balaban J connectivity index is 1.77. The number of hydrazone groups is 1. The van der Waals surface area contributed by atoms with Crippen molar-refractivity contribution in [2.24, 2.45) is 15.1 Å². The van der Waals surface area contributed by atoms with Crippen LogP contribution in [0.4, 0.5) is 0 Å². The van der Waals surface area contributed by atoms with Gasteiger partial charge in [-0.15, -0.1) is 0 Å². The van der Waals surface area contributed by atoms with E-state index in [1.54, 1.807) is 6.34 Å². The molecule has 0 aliphatic carbocycles. The van der Waals surface area contributed by atoms with E-state index in [1.807, 2.05) is 5.01 Å². The van der Waals surface area contributed by atoms with Gasteiger partial charge in [0.05, 0.1) is 6.34 Å². The van der Waals surface area contributed by atoms with Crippen LogP contribution in [0.3, 0.4) is 0 Å². The highest BCUT2D eigenvalue weighted by atomic mass is 28.3. The van der Waals surface area contributed by atoms with Gasteiger partial charge in [0.25, 0.3) is 0 Å². The summed E-state index contributed by atoms with van der Waals surface area (Å²) in [5, 5.41) is 9.28. The van der Waals surface area contributed by atoms with Gasteiger partial charge in [-0.25, -0.2) is 15.5 Å². The minimum absolute atomic E-state index is 0.205. The number of amidine groups is 1. The highest BCUT2D eigenvalue weighted by Crippen LogP contribution is 2.13. The summed E-state index contributed by atoms with van der Waals surface area (Å²) < 4.78 is 11.4. The molecule has 2 rings (SSSR count). The third kappa shape index (κ3) is 7.27. The molecule has 26 heavy (non-hydrogen) atoms. The molecule has 0 aromatic heterocycles. The van der Waals surface area contributed by atoms with Crippen LogP contribution in [0, 0.1) is 0 Å². The number of nitrogens with one attached hydrogen (secondary N) is 2. The molecule has 1 atom stereocenters. The molecule has 8 nitrogen and oxygen atoms in total. The first-order valence-corrected chi connectivity index (χ1v) is 16.7. The van der Waals surface area contributed by atoms with Crippen LogP contribution < -0.4 is 10.9 Å². The molecule has 0 aromatic carbocycles. The first kappa shape index (κ1) is 21.2. The van der Waals surface area contributed by atoms with Crippen LogP contribution in [0.5, 0.6) is 0 Å². The number of ether oxygens (including phenoxy) is 2. The minimum Gasteiger partial charge on any atom is -0.365 e. The van der Waals surface area contributed by atoms with Gasteiger partial charge in [0.2, 0.25) is 0 Å². The first-order chi connectivity index (χ1) is 12.2. The second kappa shape index (κ2) is 9.22. The Kier molecular flexibility index (Phi) is 7.53. The van der Waals surface area contributed by atoms with E-state index >= 15 is 0 Å². The maximum Gasteiger partial charge on any atom is 0.172 e. The Morgan fingerprint density at radius 3 is 2.38 bits per heavy atom. The highest BCUT2D eigenvalue weighted by Gasteiger charge is 2.34. The molecule has 0 aromatic rings. The molecule has 1 unspecified atom stereocenters. The summed E-state index contributed by atoms with van der Waals surface area (Å²) in [6.45, 7) is 16.3. The number of rotatable bonds is 10. The molecule has 0 saturated carbocycles. The molecular formula is C16H34N6O2Si2. The van der Waals surface area contributed by atoms with Gasteiger partial charge >= 0.3 is 0 Å². The van der Waals surface area contributed by atoms with Crippen molar-refractivity contribution in [1.29, 1.82) is 0 Å². The van der Waals surface area contributed by atoms with Gasteiger partial charge in [0.1, 0.15) is 19.2 Å². The third-order valence-corrected chi connectivity index (χ3v) is 7.44. The van der Waals surface area contributed by atoms with Crippen LogP contribution in [0.15, 0.2) is 15.1 Å². The molecule has 0 amide bonds. The van der Waals surface area contributed by atoms with Crippen molar-refractivity contribution in [3.05, 3.63) is 0 Å². The Hall–Kier alpha value is -1.08. The van der Waals surface area contributed by atoms with E-state index < -0.39 is 16.1 Å². The Bertz CT molecular complexity index is 554. The van der Waals surface area contributed by atoms with Gasteiger partial charge in [-0.3, -0.25) is 0 Å². The lowest BCUT2D eigenvalue weighted by Gasteiger charge is -2.24. The second-order valence-electron chi connectivity index (χ2n) is 9.07. The van der Waals surface area contributed by atoms with Crippen molar-refractivity contribution in [2.45, 2.75) is 57.5 Å². The van der Waals surface area contributed by atoms with E-state index in [9.17, 15) is 0 Å². The average Bonchev–Trinajstić information content (AvgIpc) is 2.93. The molecule has 2 heterocycles. The topological polar surface area (TPSA) is 82.8 Å². The van der Waals surface area contributed by atoms with Crippen molar-refractivity contribution in [3.63, 3.8) is 0 Å². The second-order valence-corrected chi connectivity index (χ2v) is 20.3. The van der Waals surface area contributed by atoms with Crippen molar-refractivity contribution >= 4 is 34.0 Å². The minimum atomic E-state index is -1.08. The van der Waals surface area contributed by atoms with Crippen LogP contribution >= 0.6 is 0 Å². The number of aliphatic imine (C=N–C) groups is 2. The van der Waals surface area contributed by atoms with Gasteiger partial charge < -0.3 is 14.8 Å². The van der Waals surface area contributed by atoms with Crippen LogP contribution in [0.1, 0.15) is 0 Å². The smallest absolute Gasteiger partial charge is 0.172 e. The Morgan fingerprint density at radius 2 is 1.73 bits per heavy atom. The van der Waals surface area contributed by atoms with E-state index in [1.165, 1.54) is 0 Å². The zero-order valence-corrected chi connectivity index (χ0v) is 19.0. The monoisotopic (exact) mass is 398 g/mol. The molecule has 2 aliphatic heterocycles. The number of fused-ring (bicyclic) bond motifs is 1. The molecule has 0 bridgehead atoms. The summed E-state index contributed by atoms with van der Waals surface area (Å²) in [6, 6.07) is 2.28. The van der Waals surface area contributed by atoms with E-state index in [2.05, 4.69) is 65.2 Å². The van der Waals surface area contributed by atoms with Gasteiger partial charge in [-0.05, 0) is 12.1 Å². The predicted molar refractivity (Wildman–Crippen MR) is 113 cm³/mol. The highest BCUT2D eigenvalue weighted by molar-refractivity contribution is 6.76. The summed E-state index contributed by atoms with van der Waals surface area (Å²) in [6.07, 6.45) is 1.45. The van der Waals surface area contributed by atoms with Crippen molar-refractivity contribution < 1.29 is 9.47 Å². The molecule has 0 fully saturated rings. The molecular weight excluding hydrogens is 364 g/mol. The molecule has 10 heteroatoms. The molecule has 2 aliphatic rings. The molecule has 2 N–H and O–H groups in total. The van der Waals surface area contributed by atoms with E-state index in [4.69, 9.17) is 9.47 Å². The van der Waals surface area contributed by atoms with Crippen molar-refractivity contribution in [1.82, 2.24) is 15.9 Å². The third-order valence-electron chi connectivity index (χ3n) is 4.04.